The van der Waals surface area contributed by atoms with Crippen molar-refractivity contribution in [2.75, 3.05) is 13.2 Å². The molecular weight excluding hydrogens is 327 g/mol. The van der Waals surface area contributed by atoms with Crippen molar-refractivity contribution in [3.05, 3.63) is 71.0 Å². The van der Waals surface area contributed by atoms with Gasteiger partial charge in [-0.05, 0) is 48.4 Å². The van der Waals surface area contributed by atoms with Gasteiger partial charge in [-0.15, -0.1) is 0 Å². The smallest absolute Gasteiger partial charge is 0.338 e. The van der Waals surface area contributed by atoms with Crippen LogP contribution < -0.4 is 11.1 Å². The number of hydrogen-bond donors (Lipinski definition) is 2. The van der Waals surface area contributed by atoms with Gasteiger partial charge < -0.3 is 15.8 Å². The largest absolute Gasteiger partial charge is 0.452 e. The van der Waals surface area contributed by atoms with E-state index in [1.807, 2.05) is 0 Å². The van der Waals surface area contributed by atoms with Gasteiger partial charge in [-0.3, -0.25) is 9.59 Å². The molecule has 0 atom stereocenters. The minimum absolute atomic E-state index is 0.212. The Morgan fingerprint density at radius 1 is 0.960 bits per heavy atom. The van der Waals surface area contributed by atoms with Crippen LogP contribution in [-0.4, -0.2) is 30.9 Å². The second-order valence-electron chi connectivity index (χ2n) is 5.24. The number of primary amides is 1. The highest BCUT2D eigenvalue weighted by molar-refractivity contribution is 5.95. The summed E-state index contributed by atoms with van der Waals surface area (Å²) in [6.45, 7) is -0.0743. The first kappa shape index (κ1) is 18.1. The van der Waals surface area contributed by atoms with Crippen LogP contribution in [0.3, 0.4) is 0 Å². The number of hydrogen-bond acceptors (Lipinski definition) is 4. The van der Waals surface area contributed by atoms with E-state index in [-0.39, 0.29) is 16.9 Å². The highest BCUT2D eigenvalue weighted by Gasteiger charge is 2.10. The molecule has 130 valence electrons. The third-order valence-corrected chi connectivity index (χ3v) is 3.39. The first-order chi connectivity index (χ1) is 12.0. The molecule has 0 unspecified atom stereocenters. The second kappa shape index (κ2) is 8.58. The van der Waals surface area contributed by atoms with Crippen molar-refractivity contribution in [1.29, 1.82) is 0 Å². The molecule has 0 radical (unpaired) electrons. The van der Waals surface area contributed by atoms with Crippen LogP contribution in [0.2, 0.25) is 0 Å². The van der Waals surface area contributed by atoms with Crippen LogP contribution in [0, 0.1) is 5.82 Å². The molecule has 0 saturated carbocycles. The molecule has 7 heteroatoms. The van der Waals surface area contributed by atoms with Gasteiger partial charge in [-0.25, -0.2) is 9.18 Å². The van der Waals surface area contributed by atoms with Crippen molar-refractivity contribution in [2.24, 2.45) is 5.73 Å². The predicted octanol–water partition coefficient (Wildman–Crippen LogP) is 1.44. The predicted molar refractivity (Wildman–Crippen MR) is 88.4 cm³/mol. The highest BCUT2D eigenvalue weighted by Crippen LogP contribution is 2.06. The monoisotopic (exact) mass is 344 g/mol. The van der Waals surface area contributed by atoms with E-state index in [0.29, 0.717) is 13.0 Å². The van der Waals surface area contributed by atoms with Gasteiger partial charge >= 0.3 is 5.97 Å². The number of amides is 2. The van der Waals surface area contributed by atoms with E-state index in [2.05, 4.69) is 5.32 Å². The number of benzene rings is 2. The fraction of sp³-hybridized carbons (Fsp3) is 0.167. The molecule has 2 amide bonds. The lowest BCUT2D eigenvalue weighted by Gasteiger charge is -2.07. The average Bonchev–Trinajstić information content (AvgIpc) is 2.61. The lowest BCUT2D eigenvalue weighted by Crippen LogP contribution is -2.30. The minimum atomic E-state index is -0.676. The zero-order chi connectivity index (χ0) is 18.2. The Hall–Kier alpha value is -3.22. The van der Waals surface area contributed by atoms with Crippen LogP contribution in [0.4, 0.5) is 4.39 Å². The SMILES string of the molecule is NC(=O)c1ccc(C(=O)OCC(=O)NCCc2ccc(F)cc2)cc1. The zero-order valence-electron chi connectivity index (χ0n) is 13.3. The molecule has 2 rings (SSSR count). The Labute approximate surface area is 143 Å². The first-order valence-electron chi connectivity index (χ1n) is 7.54. The molecule has 0 aliphatic rings. The lowest BCUT2D eigenvalue weighted by molar-refractivity contribution is -0.124. The van der Waals surface area contributed by atoms with Gasteiger partial charge in [-0.1, -0.05) is 12.1 Å². The number of carbonyl (C=O) groups is 3. The number of nitrogens with two attached hydrogens (primary N) is 1. The quantitative estimate of drug-likeness (QED) is 0.743. The molecular formula is C18H17FN2O4. The normalized spacial score (nSPS) is 10.1. The molecule has 3 N–H and O–H groups in total. The van der Waals surface area contributed by atoms with E-state index in [0.717, 1.165) is 5.56 Å². The third kappa shape index (κ3) is 5.72. The molecule has 25 heavy (non-hydrogen) atoms. The number of ether oxygens (including phenoxy) is 1. The van der Waals surface area contributed by atoms with Gasteiger partial charge in [-0.2, -0.15) is 0 Å². The van der Waals surface area contributed by atoms with Crippen LogP contribution in [0.5, 0.6) is 0 Å². The number of carbonyl (C=O) groups excluding carboxylic acids is 3. The van der Waals surface area contributed by atoms with E-state index < -0.39 is 24.4 Å². The topological polar surface area (TPSA) is 98.5 Å². The van der Waals surface area contributed by atoms with Gasteiger partial charge in [0.05, 0.1) is 5.56 Å². The van der Waals surface area contributed by atoms with Crippen LogP contribution in [0.1, 0.15) is 26.3 Å². The van der Waals surface area contributed by atoms with Gasteiger partial charge in [0, 0.05) is 12.1 Å². The van der Waals surface area contributed by atoms with E-state index in [9.17, 15) is 18.8 Å². The first-order valence-corrected chi connectivity index (χ1v) is 7.54. The molecule has 0 bridgehead atoms. The molecule has 2 aromatic carbocycles. The van der Waals surface area contributed by atoms with Crippen LogP contribution >= 0.6 is 0 Å². The summed E-state index contributed by atoms with van der Waals surface area (Å²) in [6.07, 6.45) is 0.536. The maximum absolute atomic E-state index is 12.8. The van der Waals surface area contributed by atoms with Gasteiger partial charge in [0.25, 0.3) is 5.91 Å². The Bertz CT molecular complexity index is 758. The van der Waals surface area contributed by atoms with Crippen molar-refractivity contribution in [2.45, 2.75) is 6.42 Å². The molecule has 6 nitrogen and oxygen atoms in total. The average molecular weight is 344 g/mol. The van der Waals surface area contributed by atoms with E-state index in [1.54, 1.807) is 12.1 Å². The Morgan fingerprint density at radius 3 is 2.16 bits per heavy atom. The van der Waals surface area contributed by atoms with E-state index >= 15 is 0 Å². The summed E-state index contributed by atoms with van der Waals surface area (Å²) in [4.78, 5) is 34.4. The van der Waals surface area contributed by atoms with Gasteiger partial charge in [0.15, 0.2) is 6.61 Å². The zero-order valence-corrected chi connectivity index (χ0v) is 13.3. The summed E-state index contributed by atoms with van der Waals surface area (Å²) in [6, 6.07) is 11.6. The molecule has 2 aromatic rings. The Morgan fingerprint density at radius 2 is 1.56 bits per heavy atom. The Balaban J connectivity index is 1.72. The third-order valence-electron chi connectivity index (χ3n) is 3.39. The lowest BCUT2D eigenvalue weighted by atomic mass is 10.1. The molecule has 0 heterocycles. The Kier molecular flexibility index (Phi) is 6.22. The van der Waals surface area contributed by atoms with Gasteiger partial charge in [0.1, 0.15) is 5.82 Å². The fourth-order valence-corrected chi connectivity index (χ4v) is 2.03. The van der Waals surface area contributed by atoms with Crippen molar-refractivity contribution in [1.82, 2.24) is 5.32 Å². The fourth-order valence-electron chi connectivity index (χ4n) is 2.03. The second-order valence-corrected chi connectivity index (χ2v) is 5.24. The summed E-state index contributed by atoms with van der Waals surface area (Å²) in [5.41, 5.74) is 6.48. The molecule has 0 aliphatic heterocycles. The summed E-state index contributed by atoms with van der Waals surface area (Å²) in [7, 11) is 0. The molecule has 0 aliphatic carbocycles. The van der Waals surface area contributed by atoms with Crippen LogP contribution in [0.25, 0.3) is 0 Å². The number of rotatable bonds is 7. The van der Waals surface area contributed by atoms with Crippen LogP contribution in [-0.2, 0) is 16.0 Å². The maximum atomic E-state index is 12.8. The summed E-state index contributed by atoms with van der Waals surface area (Å²) < 4.78 is 17.7. The standard InChI is InChI=1S/C18H17FN2O4/c19-15-7-1-12(2-8-15)9-10-21-16(22)11-25-18(24)14-5-3-13(4-6-14)17(20)23/h1-8H,9-11H2,(H2,20,23)(H,21,22). The van der Waals surface area contributed by atoms with Crippen molar-refractivity contribution in [3.8, 4) is 0 Å². The van der Waals surface area contributed by atoms with Gasteiger partial charge in [0.2, 0.25) is 5.91 Å². The van der Waals surface area contributed by atoms with Crippen LogP contribution in [0.15, 0.2) is 48.5 Å². The van der Waals surface area contributed by atoms with Crippen molar-refractivity contribution < 1.29 is 23.5 Å². The van der Waals surface area contributed by atoms with E-state index in [1.165, 1.54) is 36.4 Å². The molecule has 0 fully saturated rings. The molecule has 0 spiro atoms. The minimum Gasteiger partial charge on any atom is -0.452 e. The molecule has 0 aromatic heterocycles. The molecule has 0 saturated heterocycles. The highest BCUT2D eigenvalue weighted by atomic mass is 19.1. The number of halogens is 1. The van der Waals surface area contributed by atoms with Crippen molar-refractivity contribution in [3.63, 3.8) is 0 Å². The summed E-state index contributed by atoms with van der Waals surface area (Å²) in [5, 5.41) is 2.61. The van der Waals surface area contributed by atoms with Crippen molar-refractivity contribution >= 4 is 17.8 Å². The summed E-state index contributed by atoms with van der Waals surface area (Å²) in [5.74, 6) is -2.03. The van der Waals surface area contributed by atoms with E-state index in [4.69, 9.17) is 10.5 Å². The number of nitrogens with one attached hydrogen (secondary N) is 1. The number of esters is 1. The summed E-state index contributed by atoms with van der Waals surface area (Å²) >= 11 is 0. The maximum Gasteiger partial charge on any atom is 0.338 e.